The van der Waals surface area contributed by atoms with Crippen molar-refractivity contribution >= 4 is 5.78 Å². The Labute approximate surface area is 93.3 Å². The quantitative estimate of drug-likeness (QED) is 0.490. The van der Waals surface area contributed by atoms with Gasteiger partial charge in [-0.25, -0.2) is 0 Å². The molecule has 0 N–H and O–H groups in total. The highest BCUT2D eigenvalue weighted by molar-refractivity contribution is 5.95. The van der Waals surface area contributed by atoms with Gasteiger partial charge in [0.25, 0.3) is 0 Å². The zero-order chi connectivity index (χ0) is 11.3. The first-order valence-electron chi connectivity index (χ1n) is 5.88. The highest BCUT2D eigenvalue weighted by atomic mass is 16.1. The summed E-state index contributed by atoms with van der Waals surface area (Å²) in [5.74, 6) is 0.352. The van der Waals surface area contributed by atoms with Gasteiger partial charge in [-0.05, 0) is 43.1 Å². The first-order valence-corrected chi connectivity index (χ1v) is 5.88. The molecule has 0 aliphatic heterocycles. The Balaban J connectivity index is 2.46. The Morgan fingerprint density at radius 3 is 2.93 bits per heavy atom. The fraction of sp³-hybridized carbons (Fsp3) is 0.643. The molecule has 0 amide bonds. The van der Waals surface area contributed by atoms with Crippen molar-refractivity contribution in [2.45, 2.75) is 52.4 Å². The average Bonchev–Trinajstić information content (AvgIpc) is 2.16. The minimum atomic E-state index is 0.318. The summed E-state index contributed by atoms with van der Waals surface area (Å²) in [6.45, 7) is 8.16. The van der Waals surface area contributed by atoms with Crippen molar-refractivity contribution in [3.8, 4) is 0 Å². The fourth-order valence-electron chi connectivity index (χ4n) is 2.09. The summed E-state index contributed by atoms with van der Waals surface area (Å²) in [6.07, 6.45) is 9.83. The molecule has 0 spiro atoms. The van der Waals surface area contributed by atoms with Crippen LogP contribution in [0.5, 0.6) is 0 Å². The van der Waals surface area contributed by atoms with E-state index in [0.717, 1.165) is 31.3 Å². The molecule has 1 aliphatic carbocycles. The number of ketones is 1. The number of carbonyl (C=O) groups excluding carboxylic acids is 1. The SMILES string of the molecule is C=CCCCC(=O)C1=CCCC(C)(C)C1. The monoisotopic (exact) mass is 206 g/mol. The van der Waals surface area contributed by atoms with E-state index in [-0.39, 0.29) is 0 Å². The van der Waals surface area contributed by atoms with Crippen LogP contribution < -0.4 is 0 Å². The van der Waals surface area contributed by atoms with Crippen molar-refractivity contribution in [2.75, 3.05) is 0 Å². The molecule has 0 aromatic rings. The van der Waals surface area contributed by atoms with Gasteiger partial charge in [-0.2, -0.15) is 0 Å². The molecule has 84 valence electrons. The van der Waals surface area contributed by atoms with E-state index in [0.29, 0.717) is 17.6 Å². The van der Waals surface area contributed by atoms with Crippen molar-refractivity contribution in [1.82, 2.24) is 0 Å². The Kier molecular flexibility index (Phi) is 4.31. The predicted octanol–water partition coefficient (Wildman–Crippen LogP) is 4.05. The van der Waals surface area contributed by atoms with E-state index in [1.165, 1.54) is 6.42 Å². The molecule has 0 bridgehead atoms. The normalized spacial score (nSPS) is 19.5. The van der Waals surface area contributed by atoms with Crippen molar-refractivity contribution in [3.63, 3.8) is 0 Å². The van der Waals surface area contributed by atoms with Crippen LogP contribution in [0.4, 0.5) is 0 Å². The highest BCUT2D eigenvalue weighted by Gasteiger charge is 2.25. The summed E-state index contributed by atoms with van der Waals surface area (Å²) < 4.78 is 0. The van der Waals surface area contributed by atoms with Crippen molar-refractivity contribution in [2.24, 2.45) is 5.41 Å². The summed E-state index contributed by atoms with van der Waals surface area (Å²) >= 11 is 0. The van der Waals surface area contributed by atoms with E-state index in [2.05, 4.69) is 26.5 Å². The first-order chi connectivity index (χ1) is 7.05. The lowest BCUT2D eigenvalue weighted by Crippen LogP contribution is -2.19. The standard InChI is InChI=1S/C14H22O/c1-4-5-6-9-13(15)12-8-7-10-14(2,3)11-12/h4,8H,1,5-7,9-11H2,2-3H3. The van der Waals surface area contributed by atoms with Gasteiger partial charge >= 0.3 is 0 Å². The van der Waals surface area contributed by atoms with E-state index >= 15 is 0 Å². The van der Waals surface area contributed by atoms with Gasteiger partial charge in [0.2, 0.25) is 0 Å². The molecule has 0 aromatic carbocycles. The summed E-state index contributed by atoms with van der Waals surface area (Å²) in [4.78, 5) is 11.9. The molecule has 15 heavy (non-hydrogen) atoms. The predicted molar refractivity (Wildman–Crippen MR) is 64.8 cm³/mol. The van der Waals surface area contributed by atoms with Crippen molar-refractivity contribution < 1.29 is 4.79 Å². The third-order valence-electron chi connectivity index (χ3n) is 3.05. The van der Waals surface area contributed by atoms with Crippen LogP contribution in [0.25, 0.3) is 0 Å². The molecule has 1 nitrogen and oxygen atoms in total. The highest BCUT2D eigenvalue weighted by Crippen LogP contribution is 2.35. The third kappa shape index (κ3) is 4.03. The summed E-state index contributed by atoms with van der Waals surface area (Å²) in [6, 6.07) is 0. The van der Waals surface area contributed by atoms with E-state index in [9.17, 15) is 4.79 Å². The molecule has 0 saturated carbocycles. The summed E-state index contributed by atoms with van der Waals surface area (Å²) in [7, 11) is 0. The van der Waals surface area contributed by atoms with Gasteiger partial charge in [0.15, 0.2) is 5.78 Å². The van der Waals surface area contributed by atoms with Gasteiger partial charge < -0.3 is 0 Å². The lowest BCUT2D eigenvalue weighted by atomic mass is 9.76. The molecule has 0 radical (unpaired) electrons. The molecule has 0 fully saturated rings. The van der Waals surface area contributed by atoms with Gasteiger partial charge in [-0.1, -0.05) is 26.0 Å². The van der Waals surface area contributed by atoms with Crippen LogP contribution in [0, 0.1) is 5.41 Å². The maximum atomic E-state index is 11.9. The van der Waals surface area contributed by atoms with Gasteiger partial charge in [-0.15, -0.1) is 6.58 Å². The minimum Gasteiger partial charge on any atom is -0.295 e. The van der Waals surface area contributed by atoms with Crippen LogP contribution in [0.2, 0.25) is 0 Å². The Morgan fingerprint density at radius 2 is 2.33 bits per heavy atom. The van der Waals surface area contributed by atoms with Crippen LogP contribution in [0.15, 0.2) is 24.3 Å². The molecule has 1 aliphatic rings. The lowest BCUT2D eigenvalue weighted by Gasteiger charge is -2.29. The van der Waals surface area contributed by atoms with Gasteiger partial charge in [0, 0.05) is 6.42 Å². The van der Waals surface area contributed by atoms with Crippen LogP contribution in [-0.4, -0.2) is 5.78 Å². The molecule has 1 heteroatoms. The maximum absolute atomic E-state index is 11.9. The number of hydrogen-bond acceptors (Lipinski definition) is 1. The average molecular weight is 206 g/mol. The molecule has 0 saturated heterocycles. The Bertz CT molecular complexity index is 271. The Morgan fingerprint density at radius 1 is 1.60 bits per heavy atom. The van der Waals surface area contributed by atoms with Crippen molar-refractivity contribution in [1.29, 1.82) is 0 Å². The molecule has 0 atom stereocenters. The first kappa shape index (κ1) is 12.2. The maximum Gasteiger partial charge on any atom is 0.158 e. The van der Waals surface area contributed by atoms with Crippen LogP contribution in [0.3, 0.4) is 0 Å². The Hall–Kier alpha value is -0.850. The van der Waals surface area contributed by atoms with E-state index in [1.54, 1.807) is 0 Å². The largest absolute Gasteiger partial charge is 0.295 e. The molecule has 0 aromatic heterocycles. The molecule has 0 heterocycles. The molecule has 1 rings (SSSR count). The second-order valence-electron chi connectivity index (χ2n) is 5.21. The van der Waals surface area contributed by atoms with Crippen LogP contribution in [-0.2, 0) is 4.79 Å². The lowest BCUT2D eigenvalue weighted by molar-refractivity contribution is -0.116. The smallest absolute Gasteiger partial charge is 0.158 e. The number of allylic oxidation sites excluding steroid dienone is 3. The van der Waals surface area contributed by atoms with E-state index < -0.39 is 0 Å². The third-order valence-corrected chi connectivity index (χ3v) is 3.05. The molecular weight excluding hydrogens is 184 g/mol. The minimum absolute atomic E-state index is 0.318. The summed E-state index contributed by atoms with van der Waals surface area (Å²) in [5, 5.41) is 0. The second kappa shape index (κ2) is 5.29. The number of carbonyl (C=O) groups is 1. The summed E-state index contributed by atoms with van der Waals surface area (Å²) in [5.41, 5.74) is 1.38. The van der Waals surface area contributed by atoms with E-state index in [1.807, 2.05) is 6.08 Å². The number of Topliss-reactive ketones (excluding diaryl/α,β-unsaturated/α-hetero) is 1. The number of rotatable bonds is 5. The number of hydrogen-bond donors (Lipinski definition) is 0. The molecule has 0 unspecified atom stereocenters. The zero-order valence-electron chi connectivity index (χ0n) is 10.0. The fourth-order valence-corrected chi connectivity index (χ4v) is 2.09. The van der Waals surface area contributed by atoms with E-state index in [4.69, 9.17) is 0 Å². The zero-order valence-corrected chi connectivity index (χ0v) is 10.0. The van der Waals surface area contributed by atoms with Crippen molar-refractivity contribution in [3.05, 3.63) is 24.3 Å². The van der Waals surface area contributed by atoms with Crippen LogP contribution >= 0.6 is 0 Å². The van der Waals surface area contributed by atoms with Crippen LogP contribution in [0.1, 0.15) is 52.4 Å². The molecular formula is C14H22O. The topological polar surface area (TPSA) is 17.1 Å². The van der Waals surface area contributed by atoms with Gasteiger partial charge in [0.1, 0.15) is 0 Å². The number of unbranched alkanes of at least 4 members (excludes halogenated alkanes) is 1. The second-order valence-corrected chi connectivity index (χ2v) is 5.21. The van der Waals surface area contributed by atoms with Gasteiger partial charge in [-0.3, -0.25) is 4.79 Å². The van der Waals surface area contributed by atoms with Gasteiger partial charge in [0.05, 0.1) is 0 Å².